The lowest BCUT2D eigenvalue weighted by Crippen LogP contribution is -2.50. The van der Waals surface area contributed by atoms with Gasteiger partial charge in [0.2, 0.25) is 5.91 Å². The van der Waals surface area contributed by atoms with Crippen molar-refractivity contribution in [3.63, 3.8) is 0 Å². The Kier molecular flexibility index (Phi) is 6.57. The fourth-order valence-electron chi connectivity index (χ4n) is 5.78. The number of nitrogens with zero attached hydrogens (tertiary/aromatic N) is 5. The number of likely N-dealkylation sites (tertiary alicyclic amines) is 1. The molecule has 188 valence electrons. The molecule has 8 heteroatoms. The Morgan fingerprint density at radius 2 is 1.83 bits per heavy atom. The van der Waals surface area contributed by atoms with E-state index in [2.05, 4.69) is 42.0 Å². The molecule has 8 nitrogen and oxygen atoms in total. The van der Waals surface area contributed by atoms with Crippen LogP contribution in [0.1, 0.15) is 52.6 Å². The Labute approximate surface area is 207 Å². The zero-order valence-corrected chi connectivity index (χ0v) is 21.2. The van der Waals surface area contributed by atoms with Crippen LogP contribution in [0.2, 0.25) is 0 Å². The molecule has 35 heavy (non-hydrogen) atoms. The molecule has 1 aromatic carbocycles. The van der Waals surface area contributed by atoms with Crippen LogP contribution in [-0.4, -0.2) is 81.9 Å². The van der Waals surface area contributed by atoms with Gasteiger partial charge in [0.05, 0.1) is 6.10 Å². The summed E-state index contributed by atoms with van der Waals surface area (Å²) in [5, 5.41) is 14.7. The lowest BCUT2D eigenvalue weighted by atomic mass is 9.96. The van der Waals surface area contributed by atoms with E-state index in [-0.39, 0.29) is 30.4 Å². The first kappa shape index (κ1) is 23.9. The highest BCUT2D eigenvalue weighted by Gasteiger charge is 2.34. The van der Waals surface area contributed by atoms with Crippen LogP contribution in [-0.2, 0) is 24.2 Å². The van der Waals surface area contributed by atoms with Crippen LogP contribution in [0.25, 0.3) is 0 Å². The summed E-state index contributed by atoms with van der Waals surface area (Å²) >= 11 is 0. The van der Waals surface area contributed by atoms with Crippen molar-refractivity contribution in [2.45, 2.75) is 59.1 Å². The number of hydrogen-bond acceptors (Lipinski definition) is 5. The van der Waals surface area contributed by atoms with Crippen molar-refractivity contribution in [2.75, 3.05) is 44.2 Å². The van der Waals surface area contributed by atoms with Gasteiger partial charge in [-0.3, -0.25) is 14.3 Å². The average molecular weight is 480 g/mol. The first-order chi connectivity index (χ1) is 16.8. The number of aliphatic hydroxyl groups excluding tert-OH is 1. The number of anilines is 1. The quantitative estimate of drug-likeness (QED) is 0.727. The summed E-state index contributed by atoms with van der Waals surface area (Å²) in [6.07, 6.45) is 2.94. The maximum atomic E-state index is 13.3. The molecular weight excluding hydrogens is 442 g/mol. The monoisotopic (exact) mass is 479 g/mol. The van der Waals surface area contributed by atoms with Gasteiger partial charge in [0.15, 0.2) is 5.69 Å². The Bertz CT molecular complexity index is 1120. The predicted octanol–water partition coefficient (Wildman–Crippen LogP) is 2.18. The number of carbonyl (C=O) groups excluding carboxylic acids is 2. The molecule has 1 aliphatic carbocycles. The molecular formula is C27H37N5O3. The molecule has 2 aliphatic heterocycles. The predicted molar refractivity (Wildman–Crippen MR) is 135 cm³/mol. The van der Waals surface area contributed by atoms with Crippen LogP contribution in [0.4, 0.5) is 5.69 Å². The van der Waals surface area contributed by atoms with Gasteiger partial charge in [-0.05, 0) is 62.6 Å². The number of piperidine rings is 1. The Morgan fingerprint density at radius 3 is 2.57 bits per heavy atom. The van der Waals surface area contributed by atoms with Gasteiger partial charge in [-0.15, -0.1) is 0 Å². The molecule has 0 unspecified atom stereocenters. The Balaban J connectivity index is 1.25. The standard InChI is InChI=1S/C27H37N5O3/c1-18-6-4-8-22(20(18)3)29-12-14-30(15-13-29)25(34)17-32-23-9-5-7-21(23)26(28-32)27(35)31-11-10-24(33)19(2)16-31/h4,6,8,19,24,33H,5,7,9-17H2,1-3H3/t19-,24-/m0/s1. The zero-order valence-electron chi connectivity index (χ0n) is 21.2. The van der Waals surface area contributed by atoms with Crippen molar-refractivity contribution >= 4 is 17.5 Å². The van der Waals surface area contributed by atoms with Gasteiger partial charge < -0.3 is 19.8 Å². The smallest absolute Gasteiger partial charge is 0.274 e. The number of benzene rings is 1. The van der Waals surface area contributed by atoms with Gasteiger partial charge in [0.1, 0.15) is 6.54 Å². The van der Waals surface area contributed by atoms with Crippen LogP contribution in [0.15, 0.2) is 18.2 Å². The Morgan fingerprint density at radius 1 is 1.06 bits per heavy atom. The third-order valence-electron chi connectivity index (χ3n) is 8.19. The highest BCUT2D eigenvalue weighted by atomic mass is 16.3. The number of amides is 2. The van der Waals surface area contributed by atoms with Crippen molar-refractivity contribution < 1.29 is 14.7 Å². The molecule has 2 atom stereocenters. The van der Waals surface area contributed by atoms with E-state index in [9.17, 15) is 14.7 Å². The normalized spacial score (nSPS) is 22.5. The molecule has 2 fully saturated rings. The molecule has 3 aliphatic rings. The fraction of sp³-hybridized carbons (Fsp3) is 0.593. The van der Waals surface area contributed by atoms with E-state index in [1.165, 1.54) is 16.8 Å². The summed E-state index contributed by atoms with van der Waals surface area (Å²) in [6.45, 7) is 10.6. The van der Waals surface area contributed by atoms with Crippen LogP contribution in [0, 0.1) is 19.8 Å². The highest BCUT2D eigenvalue weighted by molar-refractivity contribution is 5.94. The summed E-state index contributed by atoms with van der Waals surface area (Å²) in [6, 6.07) is 6.39. The number of fused-ring (bicyclic) bond motifs is 1. The number of aromatic nitrogens is 2. The molecule has 3 heterocycles. The first-order valence-electron chi connectivity index (χ1n) is 13.0. The lowest BCUT2D eigenvalue weighted by molar-refractivity contribution is -0.132. The summed E-state index contributed by atoms with van der Waals surface area (Å²) in [5.74, 6) is 0.0680. The Hall–Kier alpha value is -2.87. The van der Waals surface area contributed by atoms with E-state index >= 15 is 0 Å². The van der Waals surface area contributed by atoms with Crippen LogP contribution in [0.5, 0.6) is 0 Å². The van der Waals surface area contributed by atoms with E-state index in [1.807, 2.05) is 16.7 Å². The van der Waals surface area contributed by atoms with Gasteiger partial charge in [0.25, 0.3) is 5.91 Å². The maximum Gasteiger partial charge on any atom is 0.274 e. The molecule has 1 aromatic heterocycles. The van der Waals surface area contributed by atoms with E-state index in [1.54, 1.807) is 4.68 Å². The van der Waals surface area contributed by atoms with Gasteiger partial charge in [-0.1, -0.05) is 19.1 Å². The summed E-state index contributed by atoms with van der Waals surface area (Å²) in [7, 11) is 0. The van der Waals surface area contributed by atoms with Crippen molar-refractivity contribution in [3.05, 3.63) is 46.3 Å². The lowest BCUT2D eigenvalue weighted by Gasteiger charge is -2.37. The van der Waals surface area contributed by atoms with E-state index in [4.69, 9.17) is 0 Å². The summed E-state index contributed by atoms with van der Waals surface area (Å²) in [5.41, 5.74) is 6.41. The molecule has 0 radical (unpaired) electrons. The van der Waals surface area contributed by atoms with Crippen molar-refractivity contribution in [1.82, 2.24) is 19.6 Å². The second-order valence-corrected chi connectivity index (χ2v) is 10.5. The van der Waals surface area contributed by atoms with Crippen molar-refractivity contribution in [3.8, 4) is 0 Å². The molecule has 0 spiro atoms. The van der Waals surface area contributed by atoms with Gasteiger partial charge >= 0.3 is 0 Å². The zero-order chi connectivity index (χ0) is 24.7. The van der Waals surface area contributed by atoms with Crippen molar-refractivity contribution in [1.29, 1.82) is 0 Å². The first-order valence-corrected chi connectivity index (χ1v) is 13.0. The number of hydrogen-bond donors (Lipinski definition) is 1. The van der Waals surface area contributed by atoms with Crippen LogP contribution < -0.4 is 4.90 Å². The minimum Gasteiger partial charge on any atom is -0.393 e. The SMILES string of the molecule is Cc1cccc(N2CCN(C(=O)Cn3nc(C(=O)N4CC[C@H](O)[C@@H](C)C4)c4c3CCC4)CC2)c1C. The number of aryl methyl sites for hydroxylation is 1. The molecule has 2 saturated heterocycles. The summed E-state index contributed by atoms with van der Waals surface area (Å²) < 4.78 is 1.79. The second-order valence-electron chi connectivity index (χ2n) is 10.5. The minimum absolute atomic E-state index is 0.0600. The van der Waals surface area contributed by atoms with Gasteiger partial charge in [-0.2, -0.15) is 5.10 Å². The molecule has 1 N–H and O–H groups in total. The summed E-state index contributed by atoms with van der Waals surface area (Å²) in [4.78, 5) is 32.6. The molecule has 0 saturated carbocycles. The third kappa shape index (κ3) is 4.56. The van der Waals surface area contributed by atoms with Crippen molar-refractivity contribution in [2.24, 2.45) is 5.92 Å². The number of aliphatic hydroxyl groups is 1. The molecule has 2 aromatic rings. The number of rotatable bonds is 4. The average Bonchev–Trinajstić information content (AvgIpc) is 3.46. The number of carbonyl (C=O) groups is 2. The highest BCUT2D eigenvalue weighted by Crippen LogP contribution is 2.28. The van der Waals surface area contributed by atoms with E-state index in [0.29, 0.717) is 38.3 Å². The molecule has 0 bridgehead atoms. The number of piperazine rings is 1. The van der Waals surface area contributed by atoms with Gasteiger partial charge in [-0.25, -0.2) is 0 Å². The fourth-order valence-corrected chi connectivity index (χ4v) is 5.78. The van der Waals surface area contributed by atoms with Crippen LogP contribution in [0.3, 0.4) is 0 Å². The third-order valence-corrected chi connectivity index (χ3v) is 8.19. The van der Waals surface area contributed by atoms with E-state index in [0.717, 1.165) is 43.6 Å². The molecule has 2 amide bonds. The molecule has 5 rings (SSSR count). The van der Waals surface area contributed by atoms with Crippen LogP contribution >= 0.6 is 0 Å². The second kappa shape index (κ2) is 9.64. The largest absolute Gasteiger partial charge is 0.393 e. The topological polar surface area (TPSA) is 81.9 Å². The van der Waals surface area contributed by atoms with Gasteiger partial charge in [0, 0.05) is 56.2 Å². The maximum absolute atomic E-state index is 13.3. The minimum atomic E-state index is -0.352. The van der Waals surface area contributed by atoms with E-state index < -0.39 is 0 Å².